The SMILES string of the molecule is Cc1ccccc1-c1noc([C@@H]2CCC(=O)N(Cc3cccc(F)c3)C2)n1. The third kappa shape index (κ3) is 3.74. The summed E-state index contributed by atoms with van der Waals surface area (Å²) in [4.78, 5) is 18.6. The van der Waals surface area contributed by atoms with Gasteiger partial charge in [0.25, 0.3) is 0 Å². The summed E-state index contributed by atoms with van der Waals surface area (Å²) in [5.74, 6) is 0.866. The monoisotopic (exact) mass is 365 g/mol. The third-order valence-corrected chi connectivity index (χ3v) is 4.94. The summed E-state index contributed by atoms with van der Waals surface area (Å²) in [6.07, 6.45) is 1.09. The van der Waals surface area contributed by atoms with Crippen molar-refractivity contribution in [2.45, 2.75) is 32.2 Å². The van der Waals surface area contributed by atoms with Gasteiger partial charge in [0, 0.05) is 25.1 Å². The maximum absolute atomic E-state index is 13.4. The van der Waals surface area contributed by atoms with Crippen LogP contribution < -0.4 is 0 Å². The number of carbonyl (C=O) groups is 1. The predicted molar refractivity (Wildman–Crippen MR) is 98.3 cm³/mol. The van der Waals surface area contributed by atoms with Gasteiger partial charge in [0.15, 0.2) is 0 Å². The van der Waals surface area contributed by atoms with E-state index in [4.69, 9.17) is 4.52 Å². The lowest BCUT2D eigenvalue weighted by atomic mass is 9.97. The number of piperidine rings is 1. The minimum absolute atomic E-state index is 0.0125. The van der Waals surface area contributed by atoms with Crippen LogP contribution in [0.4, 0.5) is 4.39 Å². The maximum atomic E-state index is 13.4. The molecule has 0 radical (unpaired) electrons. The lowest BCUT2D eigenvalue weighted by Gasteiger charge is -2.31. The van der Waals surface area contributed by atoms with Crippen LogP contribution in [0.5, 0.6) is 0 Å². The van der Waals surface area contributed by atoms with E-state index < -0.39 is 0 Å². The van der Waals surface area contributed by atoms with Crippen molar-refractivity contribution in [3.8, 4) is 11.4 Å². The minimum atomic E-state index is -0.298. The van der Waals surface area contributed by atoms with Crippen molar-refractivity contribution < 1.29 is 13.7 Å². The summed E-state index contributed by atoms with van der Waals surface area (Å²) in [7, 11) is 0. The van der Waals surface area contributed by atoms with Gasteiger partial charge in [0.1, 0.15) is 5.82 Å². The topological polar surface area (TPSA) is 59.2 Å². The van der Waals surface area contributed by atoms with E-state index in [1.807, 2.05) is 37.3 Å². The maximum Gasteiger partial charge on any atom is 0.231 e. The molecule has 27 heavy (non-hydrogen) atoms. The molecule has 0 bridgehead atoms. The molecule has 1 aliphatic heterocycles. The number of aromatic nitrogens is 2. The summed E-state index contributed by atoms with van der Waals surface area (Å²) in [6, 6.07) is 14.2. The lowest BCUT2D eigenvalue weighted by Crippen LogP contribution is -2.38. The number of hydrogen-bond acceptors (Lipinski definition) is 4. The number of halogens is 1. The van der Waals surface area contributed by atoms with E-state index in [9.17, 15) is 9.18 Å². The van der Waals surface area contributed by atoms with Gasteiger partial charge in [-0.15, -0.1) is 0 Å². The third-order valence-electron chi connectivity index (χ3n) is 4.94. The van der Waals surface area contributed by atoms with Crippen LogP contribution in [-0.2, 0) is 11.3 Å². The summed E-state index contributed by atoms with van der Waals surface area (Å²) in [5.41, 5.74) is 2.79. The highest BCUT2D eigenvalue weighted by molar-refractivity contribution is 5.77. The Kier molecular flexibility index (Phi) is 4.71. The van der Waals surface area contributed by atoms with E-state index in [1.54, 1.807) is 11.0 Å². The molecule has 1 atom stereocenters. The van der Waals surface area contributed by atoms with E-state index in [1.165, 1.54) is 12.1 Å². The van der Waals surface area contributed by atoms with Gasteiger partial charge >= 0.3 is 0 Å². The molecule has 1 amide bonds. The smallest absolute Gasteiger partial charge is 0.231 e. The van der Waals surface area contributed by atoms with E-state index in [2.05, 4.69) is 10.1 Å². The van der Waals surface area contributed by atoms with Gasteiger partial charge in [0.05, 0.1) is 5.92 Å². The zero-order valence-electron chi connectivity index (χ0n) is 15.1. The molecule has 1 aromatic heterocycles. The number of rotatable bonds is 4. The van der Waals surface area contributed by atoms with Crippen molar-refractivity contribution in [3.63, 3.8) is 0 Å². The summed E-state index contributed by atoms with van der Waals surface area (Å²) >= 11 is 0. The van der Waals surface area contributed by atoms with E-state index in [-0.39, 0.29) is 17.6 Å². The molecule has 0 unspecified atom stereocenters. The molecular formula is C21H20FN3O2. The fraction of sp³-hybridized carbons (Fsp3) is 0.286. The van der Waals surface area contributed by atoms with Crippen LogP contribution in [-0.4, -0.2) is 27.5 Å². The first kappa shape index (κ1) is 17.4. The fourth-order valence-electron chi connectivity index (χ4n) is 3.46. The molecule has 0 aliphatic carbocycles. The average molecular weight is 365 g/mol. The van der Waals surface area contributed by atoms with Crippen molar-refractivity contribution in [2.75, 3.05) is 6.54 Å². The van der Waals surface area contributed by atoms with E-state index in [0.717, 1.165) is 16.7 Å². The van der Waals surface area contributed by atoms with Crippen LogP contribution in [0.1, 0.15) is 35.8 Å². The second-order valence-electron chi connectivity index (χ2n) is 6.91. The molecule has 0 spiro atoms. The zero-order valence-corrected chi connectivity index (χ0v) is 15.1. The molecule has 0 N–H and O–H groups in total. The average Bonchev–Trinajstić information content (AvgIpc) is 3.14. The Morgan fingerprint density at radius 2 is 2.07 bits per heavy atom. The molecule has 6 heteroatoms. The van der Waals surface area contributed by atoms with Crippen molar-refractivity contribution >= 4 is 5.91 Å². The molecule has 2 aromatic carbocycles. The standard InChI is InChI=1S/C21H20FN3O2/c1-14-5-2-3-8-18(14)20-23-21(27-24-20)16-9-10-19(26)25(13-16)12-15-6-4-7-17(22)11-15/h2-8,11,16H,9-10,12-13H2,1H3/t16-/m1/s1. The number of nitrogens with zero attached hydrogens (tertiary/aromatic N) is 3. The van der Waals surface area contributed by atoms with Gasteiger partial charge < -0.3 is 9.42 Å². The first-order valence-electron chi connectivity index (χ1n) is 9.02. The fourth-order valence-corrected chi connectivity index (χ4v) is 3.46. The Balaban J connectivity index is 1.51. The largest absolute Gasteiger partial charge is 0.339 e. The molecule has 2 heterocycles. The second-order valence-corrected chi connectivity index (χ2v) is 6.91. The number of benzene rings is 2. The molecule has 3 aromatic rings. The highest BCUT2D eigenvalue weighted by Crippen LogP contribution is 2.29. The molecule has 1 fully saturated rings. The van der Waals surface area contributed by atoms with Crippen LogP contribution in [0.15, 0.2) is 53.1 Å². The Morgan fingerprint density at radius 3 is 2.89 bits per heavy atom. The highest BCUT2D eigenvalue weighted by atomic mass is 19.1. The zero-order chi connectivity index (χ0) is 18.8. The van der Waals surface area contributed by atoms with Crippen LogP contribution >= 0.6 is 0 Å². The minimum Gasteiger partial charge on any atom is -0.339 e. The van der Waals surface area contributed by atoms with Crippen LogP contribution in [0.25, 0.3) is 11.4 Å². The molecule has 138 valence electrons. The molecular weight excluding hydrogens is 345 g/mol. The van der Waals surface area contributed by atoms with Gasteiger partial charge in [-0.1, -0.05) is 41.6 Å². The number of amides is 1. The van der Waals surface area contributed by atoms with E-state index in [0.29, 0.717) is 37.6 Å². The molecule has 1 saturated heterocycles. The summed E-state index contributed by atoms with van der Waals surface area (Å²) in [5, 5.41) is 4.12. The van der Waals surface area contributed by atoms with Gasteiger partial charge in [-0.25, -0.2) is 4.39 Å². The van der Waals surface area contributed by atoms with E-state index >= 15 is 0 Å². The lowest BCUT2D eigenvalue weighted by molar-refractivity contribution is -0.134. The van der Waals surface area contributed by atoms with Gasteiger partial charge in [-0.2, -0.15) is 4.98 Å². The number of aryl methyl sites for hydroxylation is 1. The summed E-state index contributed by atoms with van der Waals surface area (Å²) in [6.45, 7) is 2.88. The quantitative estimate of drug-likeness (QED) is 0.699. The molecule has 1 aliphatic rings. The molecule has 4 rings (SSSR count). The van der Waals surface area contributed by atoms with Crippen molar-refractivity contribution in [2.24, 2.45) is 0 Å². The summed E-state index contributed by atoms with van der Waals surface area (Å²) < 4.78 is 18.9. The van der Waals surface area contributed by atoms with Crippen LogP contribution in [0.3, 0.4) is 0 Å². The highest BCUT2D eigenvalue weighted by Gasteiger charge is 2.30. The predicted octanol–water partition coefficient (Wildman–Crippen LogP) is 4.09. The Bertz CT molecular complexity index is 969. The Labute approximate surface area is 156 Å². The normalized spacial score (nSPS) is 17.3. The van der Waals surface area contributed by atoms with Gasteiger partial charge in [-0.05, 0) is 36.6 Å². The number of carbonyl (C=O) groups excluding carboxylic acids is 1. The molecule has 5 nitrogen and oxygen atoms in total. The number of likely N-dealkylation sites (tertiary alicyclic amines) is 1. The Morgan fingerprint density at radius 1 is 1.22 bits per heavy atom. The Hall–Kier alpha value is -3.02. The van der Waals surface area contributed by atoms with Gasteiger partial charge in [0.2, 0.25) is 17.6 Å². The van der Waals surface area contributed by atoms with Crippen molar-refractivity contribution in [3.05, 3.63) is 71.4 Å². The van der Waals surface area contributed by atoms with Gasteiger partial charge in [-0.3, -0.25) is 4.79 Å². The first-order chi connectivity index (χ1) is 13.1. The van der Waals surface area contributed by atoms with Crippen molar-refractivity contribution in [1.29, 1.82) is 0 Å². The number of hydrogen-bond donors (Lipinski definition) is 0. The second kappa shape index (κ2) is 7.31. The first-order valence-corrected chi connectivity index (χ1v) is 9.02. The van der Waals surface area contributed by atoms with Crippen LogP contribution in [0.2, 0.25) is 0 Å². The van der Waals surface area contributed by atoms with Crippen molar-refractivity contribution in [1.82, 2.24) is 15.0 Å². The van der Waals surface area contributed by atoms with Crippen LogP contribution in [0, 0.1) is 12.7 Å². The molecule has 0 saturated carbocycles.